The maximum Gasteiger partial charge on any atom is 0.338 e. The quantitative estimate of drug-likeness (QED) is 0.770. The third-order valence-corrected chi connectivity index (χ3v) is 4.03. The molecule has 0 aliphatic heterocycles. The summed E-state index contributed by atoms with van der Waals surface area (Å²) in [5.41, 5.74) is 0.426. The molecule has 6 heteroatoms. The molecule has 1 unspecified atom stereocenters. The second-order valence-electron chi connectivity index (χ2n) is 5.49. The Labute approximate surface area is 128 Å². The van der Waals surface area contributed by atoms with Crippen LogP contribution in [0.4, 0.5) is 0 Å². The van der Waals surface area contributed by atoms with Crippen LogP contribution in [0.3, 0.4) is 0 Å². The molecule has 1 aromatic carbocycles. The standard InChI is InChI=1S/C16H20O6/c1-21-9-12-11(7-15(18)19)13(17)8-14(12)22-16(20)10-5-3-2-4-6-10/h2-6,11-14,17H,7-9H2,1H3,(H,18,19)/t11?,12-,13+,14-/m1/s1. The van der Waals surface area contributed by atoms with Crippen LogP contribution in [0, 0.1) is 11.8 Å². The van der Waals surface area contributed by atoms with Crippen molar-refractivity contribution in [3.8, 4) is 0 Å². The molecule has 2 N–H and O–H groups in total. The lowest BCUT2D eigenvalue weighted by molar-refractivity contribution is -0.139. The second kappa shape index (κ2) is 7.38. The van der Waals surface area contributed by atoms with Gasteiger partial charge < -0.3 is 19.7 Å². The van der Waals surface area contributed by atoms with Crippen LogP contribution in [0.1, 0.15) is 23.2 Å². The Bertz CT molecular complexity index is 515. The Hall–Kier alpha value is -1.92. The predicted octanol–water partition coefficient (Wildman–Crippen LogP) is 1.33. The summed E-state index contributed by atoms with van der Waals surface area (Å²) in [5, 5.41) is 19.0. The minimum atomic E-state index is -0.986. The number of rotatable bonds is 6. The zero-order valence-electron chi connectivity index (χ0n) is 12.3. The average molecular weight is 308 g/mol. The number of hydrogen-bond donors (Lipinski definition) is 2. The molecular formula is C16H20O6. The van der Waals surface area contributed by atoms with Gasteiger partial charge in [-0.05, 0) is 12.1 Å². The largest absolute Gasteiger partial charge is 0.481 e. The van der Waals surface area contributed by atoms with Gasteiger partial charge in [-0.15, -0.1) is 0 Å². The van der Waals surface area contributed by atoms with Crippen molar-refractivity contribution in [1.29, 1.82) is 0 Å². The predicted molar refractivity (Wildman–Crippen MR) is 77.4 cm³/mol. The van der Waals surface area contributed by atoms with Crippen molar-refractivity contribution >= 4 is 11.9 Å². The Balaban J connectivity index is 2.08. The number of aliphatic hydroxyl groups excluding tert-OH is 1. The molecule has 0 spiro atoms. The summed E-state index contributed by atoms with van der Waals surface area (Å²) in [4.78, 5) is 23.1. The van der Waals surface area contributed by atoms with E-state index in [-0.39, 0.29) is 25.4 Å². The number of benzene rings is 1. The van der Waals surface area contributed by atoms with E-state index in [0.29, 0.717) is 5.56 Å². The SMILES string of the molecule is COC[C@@H]1C(CC(=O)O)[C@@H](O)C[C@H]1OC(=O)c1ccccc1. The van der Waals surface area contributed by atoms with Gasteiger partial charge >= 0.3 is 11.9 Å². The third kappa shape index (κ3) is 3.84. The fourth-order valence-corrected chi connectivity index (χ4v) is 2.98. The van der Waals surface area contributed by atoms with E-state index < -0.39 is 30.1 Å². The Morgan fingerprint density at radius 1 is 1.23 bits per heavy atom. The molecule has 4 atom stereocenters. The number of aliphatic hydroxyl groups is 1. The molecule has 1 aromatic rings. The van der Waals surface area contributed by atoms with Gasteiger partial charge in [0.1, 0.15) is 6.10 Å². The lowest BCUT2D eigenvalue weighted by Gasteiger charge is -2.23. The maximum atomic E-state index is 12.1. The second-order valence-corrected chi connectivity index (χ2v) is 5.49. The number of carboxylic acid groups (broad SMARTS) is 1. The van der Waals surface area contributed by atoms with Crippen LogP contribution in [-0.4, -0.2) is 48.1 Å². The van der Waals surface area contributed by atoms with Crippen LogP contribution in [0.25, 0.3) is 0 Å². The molecule has 0 heterocycles. The van der Waals surface area contributed by atoms with Crippen molar-refractivity contribution in [2.45, 2.75) is 25.0 Å². The van der Waals surface area contributed by atoms with Crippen LogP contribution in [0.15, 0.2) is 30.3 Å². The maximum absolute atomic E-state index is 12.1. The van der Waals surface area contributed by atoms with Gasteiger partial charge in [-0.2, -0.15) is 0 Å². The minimum absolute atomic E-state index is 0.172. The van der Waals surface area contributed by atoms with E-state index in [1.807, 2.05) is 0 Å². The first kappa shape index (κ1) is 16.5. The van der Waals surface area contributed by atoms with E-state index in [2.05, 4.69) is 0 Å². The van der Waals surface area contributed by atoms with Gasteiger partial charge in [0.2, 0.25) is 0 Å². The number of hydrogen-bond acceptors (Lipinski definition) is 5. The summed E-state index contributed by atoms with van der Waals surface area (Å²) in [5.74, 6) is -2.27. The van der Waals surface area contributed by atoms with Crippen LogP contribution < -0.4 is 0 Å². The number of methoxy groups -OCH3 is 1. The summed E-state index contributed by atoms with van der Waals surface area (Å²) in [6.07, 6.45) is -1.31. The van der Waals surface area contributed by atoms with Crippen molar-refractivity contribution in [2.75, 3.05) is 13.7 Å². The third-order valence-electron chi connectivity index (χ3n) is 4.03. The Morgan fingerprint density at radius 3 is 2.50 bits per heavy atom. The van der Waals surface area contributed by atoms with E-state index in [4.69, 9.17) is 14.6 Å². The fourth-order valence-electron chi connectivity index (χ4n) is 2.98. The summed E-state index contributed by atoms with van der Waals surface area (Å²) >= 11 is 0. The van der Waals surface area contributed by atoms with Gasteiger partial charge in [0, 0.05) is 25.4 Å². The van der Waals surface area contributed by atoms with Crippen molar-refractivity contribution in [3.63, 3.8) is 0 Å². The monoisotopic (exact) mass is 308 g/mol. The fraction of sp³-hybridized carbons (Fsp3) is 0.500. The van der Waals surface area contributed by atoms with E-state index in [9.17, 15) is 14.7 Å². The van der Waals surface area contributed by atoms with Crippen LogP contribution in [0.5, 0.6) is 0 Å². The number of carboxylic acids is 1. The highest BCUT2D eigenvalue weighted by molar-refractivity contribution is 5.89. The highest BCUT2D eigenvalue weighted by Gasteiger charge is 2.45. The highest BCUT2D eigenvalue weighted by Crippen LogP contribution is 2.37. The number of aliphatic carboxylic acids is 1. The molecule has 0 radical (unpaired) electrons. The highest BCUT2D eigenvalue weighted by atomic mass is 16.5. The zero-order chi connectivity index (χ0) is 16.1. The average Bonchev–Trinajstić information content (AvgIpc) is 2.76. The number of esters is 1. The molecule has 6 nitrogen and oxygen atoms in total. The van der Waals surface area contributed by atoms with E-state index in [1.165, 1.54) is 7.11 Å². The van der Waals surface area contributed by atoms with Crippen molar-refractivity contribution in [3.05, 3.63) is 35.9 Å². The molecule has 0 aromatic heterocycles. The summed E-state index contributed by atoms with van der Waals surface area (Å²) in [6, 6.07) is 8.56. The molecule has 0 saturated heterocycles. The van der Waals surface area contributed by atoms with Gasteiger partial charge in [0.05, 0.1) is 24.7 Å². The van der Waals surface area contributed by atoms with Gasteiger partial charge in [0.15, 0.2) is 0 Å². The first-order chi connectivity index (χ1) is 10.5. The lowest BCUT2D eigenvalue weighted by Crippen LogP contribution is -2.30. The molecule has 1 aliphatic carbocycles. The van der Waals surface area contributed by atoms with Crippen LogP contribution in [0.2, 0.25) is 0 Å². The van der Waals surface area contributed by atoms with Crippen LogP contribution >= 0.6 is 0 Å². The van der Waals surface area contributed by atoms with Crippen LogP contribution in [-0.2, 0) is 14.3 Å². The summed E-state index contributed by atoms with van der Waals surface area (Å²) in [7, 11) is 1.50. The molecule has 22 heavy (non-hydrogen) atoms. The van der Waals surface area contributed by atoms with Crippen molar-refractivity contribution < 1.29 is 29.3 Å². The van der Waals surface area contributed by atoms with Gasteiger partial charge in [-0.25, -0.2) is 4.79 Å². The topological polar surface area (TPSA) is 93.1 Å². The molecule has 0 amide bonds. The van der Waals surface area contributed by atoms with Gasteiger partial charge in [-0.3, -0.25) is 4.79 Å². The number of carbonyl (C=O) groups excluding carboxylic acids is 1. The van der Waals surface area contributed by atoms with E-state index in [0.717, 1.165) is 0 Å². The smallest absolute Gasteiger partial charge is 0.338 e. The molecule has 1 fully saturated rings. The number of ether oxygens (including phenoxy) is 2. The molecule has 120 valence electrons. The molecule has 0 bridgehead atoms. The molecule has 1 aliphatic rings. The van der Waals surface area contributed by atoms with Gasteiger partial charge in [0.25, 0.3) is 0 Å². The number of carbonyl (C=O) groups is 2. The molecule has 2 rings (SSSR count). The summed E-state index contributed by atoms with van der Waals surface area (Å²) in [6.45, 7) is 0.238. The minimum Gasteiger partial charge on any atom is -0.481 e. The normalized spacial score (nSPS) is 27.5. The van der Waals surface area contributed by atoms with E-state index >= 15 is 0 Å². The Kier molecular flexibility index (Phi) is 5.51. The molecular weight excluding hydrogens is 288 g/mol. The first-order valence-corrected chi connectivity index (χ1v) is 7.17. The van der Waals surface area contributed by atoms with Crippen molar-refractivity contribution in [1.82, 2.24) is 0 Å². The molecule has 1 saturated carbocycles. The van der Waals surface area contributed by atoms with Gasteiger partial charge in [-0.1, -0.05) is 18.2 Å². The summed E-state index contributed by atoms with van der Waals surface area (Å²) < 4.78 is 10.6. The lowest BCUT2D eigenvalue weighted by atomic mass is 9.91. The Morgan fingerprint density at radius 2 is 1.91 bits per heavy atom. The zero-order valence-corrected chi connectivity index (χ0v) is 12.3. The van der Waals surface area contributed by atoms with E-state index in [1.54, 1.807) is 30.3 Å². The van der Waals surface area contributed by atoms with Crippen molar-refractivity contribution in [2.24, 2.45) is 11.8 Å². The first-order valence-electron chi connectivity index (χ1n) is 7.17.